The van der Waals surface area contributed by atoms with Crippen LogP contribution in [0.15, 0.2) is 42.9 Å². The summed E-state index contributed by atoms with van der Waals surface area (Å²) in [5, 5.41) is 20.0. The minimum atomic E-state index is -0.375. The lowest BCUT2D eigenvalue weighted by Crippen LogP contribution is -2.18. The number of methoxy groups -OCH3 is 1. The standard InChI is InChI=1S/C18H19ClN4O2/c1-25-17-7-6-12(19)10-13(17)18-15(22-9-3-8-20-22)11-23(21-18)14-4-2-5-16(14)24/h3,6-11,14,16,24H,2,4-5H2,1H3/t14-,16-/m1/s1. The highest BCUT2D eigenvalue weighted by Crippen LogP contribution is 2.37. The highest BCUT2D eigenvalue weighted by Gasteiger charge is 2.29. The summed E-state index contributed by atoms with van der Waals surface area (Å²) >= 11 is 6.21. The highest BCUT2D eigenvalue weighted by atomic mass is 35.5. The van der Waals surface area contributed by atoms with Crippen molar-refractivity contribution < 1.29 is 9.84 Å². The summed E-state index contributed by atoms with van der Waals surface area (Å²) in [4.78, 5) is 0. The highest BCUT2D eigenvalue weighted by molar-refractivity contribution is 6.31. The Morgan fingerprint density at radius 1 is 1.32 bits per heavy atom. The number of aromatic nitrogens is 4. The molecule has 2 heterocycles. The molecular formula is C18H19ClN4O2. The molecule has 0 spiro atoms. The summed E-state index contributed by atoms with van der Waals surface area (Å²) in [6.45, 7) is 0. The number of aliphatic hydroxyl groups excluding tert-OH is 1. The van der Waals surface area contributed by atoms with Gasteiger partial charge in [-0.3, -0.25) is 4.68 Å². The van der Waals surface area contributed by atoms with Crippen molar-refractivity contribution in [2.45, 2.75) is 31.4 Å². The van der Waals surface area contributed by atoms with Crippen LogP contribution in [0.2, 0.25) is 5.02 Å². The van der Waals surface area contributed by atoms with Gasteiger partial charge in [0.1, 0.15) is 17.1 Å². The van der Waals surface area contributed by atoms with Gasteiger partial charge in [0.15, 0.2) is 0 Å². The van der Waals surface area contributed by atoms with E-state index >= 15 is 0 Å². The Kier molecular flexibility index (Phi) is 4.23. The molecule has 6 nitrogen and oxygen atoms in total. The van der Waals surface area contributed by atoms with Crippen LogP contribution in [-0.4, -0.2) is 37.9 Å². The third kappa shape index (κ3) is 2.92. The monoisotopic (exact) mass is 358 g/mol. The normalized spacial score (nSPS) is 20.1. The van der Waals surface area contributed by atoms with Gasteiger partial charge in [-0.2, -0.15) is 10.2 Å². The fourth-order valence-electron chi connectivity index (χ4n) is 3.42. The number of ether oxygens (including phenoxy) is 1. The second-order valence-corrected chi connectivity index (χ2v) is 6.64. The molecule has 1 aliphatic rings. The maximum atomic E-state index is 10.3. The van der Waals surface area contributed by atoms with Gasteiger partial charge in [-0.05, 0) is 43.5 Å². The maximum Gasteiger partial charge on any atom is 0.128 e. The van der Waals surface area contributed by atoms with Crippen molar-refractivity contribution in [2.75, 3.05) is 7.11 Å². The average molecular weight is 359 g/mol. The molecule has 130 valence electrons. The summed E-state index contributed by atoms with van der Waals surface area (Å²) in [5.74, 6) is 0.690. The summed E-state index contributed by atoms with van der Waals surface area (Å²) < 4.78 is 9.11. The first-order valence-electron chi connectivity index (χ1n) is 8.28. The van der Waals surface area contributed by atoms with Crippen molar-refractivity contribution in [3.63, 3.8) is 0 Å². The van der Waals surface area contributed by atoms with Crippen molar-refractivity contribution in [2.24, 2.45) is 0 Å². The molecule has 1 saturated carbocycles. The molecule has 25 heavy (non-hydrogen) atoms. The summed E-state index contributed by atoms with van der Waals surface area (Å²) in [7, 11) is 1.62. The third-order valence-corrected chi connectivity index (χ3v) is 4.90. The average Bonchev–Trinajstić information content (AvgIpc) is 3.34. The van der Waals surface area contributed by atoms with E-state index < -0.39 is 0 Å². The third-order valence-electron chi connectivity index (χ3n) is 4.66. The van der Waals surface area contributed by atoms with Crippen molar-refractivity contribution in [3.8, 4) is 22.7 Å². The number of halogens is 1. The van der Waals surface area contributed by atoms with E-state index in [4.69, 9.17) is 21.4 Å². The van der Waals surface area contributed by atoms with Crippen molar-refractivity contribution in [1.29, 1.82) is 0 Å². The van der Waals surface area contributed by atoms with Crippen LogP contribution in [0.1, 0.15) is 25.3 Å². The molecule has 1 N–H and O–H groups in total. The summed E-state index contributed by atoms with van der Waals surface area (Å²) in [5.41, 5.74) is 2.35. The van der Waals surface area contributed by atoms with E-state index in [9.17, 15) is 5.11 Å². The quantitative estimate of drug-likeness (QED) is 0.775. The fourth-order valence-corrected chi connectivity index (χ4v) is 3.59. The lowest BCUT2D eigenvalue weighted by molar-refractivity contribution is 0.130. The Hall–Kier alpha value is -2.31. The van der Waals surface area contributed by atoms with Crippen molar-refractivity contribution >= 4 is 11.6 Å². The van der Waals surface area contributed by atoms with E-state index in [1.807, 2.05) is 35.3 Å². The van der Waals surface area contributed by atoms with E-state index in [0.29, 0.717) is 10.8 Å². The molecule has 1 aromatic carbocycles. The predicted molar refractivity (Wildman–Crippen MR) is 95.2 cm³/mol. The van der Waals surface area contributed by atoms with Gasteiger partial charge in [0.25, 0.3) is 0 Å². The Morgan fingerprint density at radius 2 is 2.20 bits per heavy atom. The predicted octanol–water partition coefficient (Wildman–Crippen LogP) is 3.48. The molecule has 4 rings (SSSR count). The van der Waals surface area contributed by atoms with Gasteiger partial charge in [0.2, 0.25) is 0 Å². The zero-order valence-electron chi connectivity index (χ0n) is 13.8. The minimum absolute atomic E-state index is 0.0201. The summed E-state index contributed by atoms with van der Waals surface area (Å²) in [6, 6.07) is 7.29. The van der Waals surface area contributed by atoms with E-state index in [-0.39, 0.29) is 12.1 Å². The molecule has 7 heteroatoms. The van der Waals surface area contributed by atoms with Gasteiger partial charge in [-0.25, -0.2) is 4.68 Å². The summed E-state index contributed by atoms with van der Waals surface area (Å²) in [6.07, 6.45) is 7.86. The van der Waals surface area contributed by atoms with Gasteiger partial charge in [0.05, 0.1) is 25.5 Å². The van der Waals surface area contributed by atoms with Crippen molar-refractivity contribution in [1.82, 2.24) is 19.6 Å². The Morgan fingerprint density at radius 3 is 2.88 bits per heavy atom. The van der Waals surface area contributed by atoms with Gasteiger partial charge >= 0.3 is 0 Å². The molecule has 3 aromatic rings. The number of nitrogens with zero attached hydrogens (tertiary/aromatic N) is 4. The largest absolute Gasteiger partial charge is 0.496 e. The molecule has 0 saturated heterocycles. The first kappa shape index (κ1) is 16.2. The van der Waals surface area contributed by atoms with Crippen LogP contribution < -0.4 is 4.74 Å². The maximum absolute atomic E-state index is 10.3. The number of benzene rings is 1. The van der Waals surface area contributed by atoms with Gasteiger partial charge in [-0.1, -0.05) is 11.6 Å². The molecule has 0 amide bonds. The smallest absolute Gasteiger partial charge is 0.128 e. The molecule has 1 fully saturated rings. The van der Waals surface area contributed by atoms with E-state index in [0.717, 1.165) is 36.2 Å². The number of hydrogen-bond donors (Lipinski definition) is 1. The van der Waals surface area contributed by atoms with Crippen LogP contribution in [0, 0.1) is 0 Å². The zero-order valence-corrected chi connectivity index (χ0v) is 14.6. The first-order valence-corrected chi connectivity index (χ1v) is 8.66. The molecule has 0 unspecified atom stereocenters. The van der Waals surface area contributed by atoms with Crippen LogP contribution in [-0.2, 0) is 0 Å². The van der Waals surface area contributed by atoms with Crippen LogP contribution in [0.3, 0.4) is 0 Å². The number of aliphatic hydroxyl groups is 1. The molecule has 1 aliphatic carbocycles. The fraction of sp³-hybridized carbons (Fsp3) is 0.333. The lowest BCUT2D eigenvalue weighted by Gasteiger charge is -2.14. The molecule has 0 radical (unpaired) electrons. The van der Waals surface area contributed by atoms with Gasteiger partial charge < -0.3 is 9.84 Å². The molecule has 0 bridgehead atoms. The van der Waals surface area contributed by atoms with Crippen LogP contribution in [0.4, 0.5) is 0 Å². The molecular weight excluding hydrogens is 340 g/mol. The Bertz CT molecular complexity index is 875. The molecule has 2 atom stereocenters. The van der Waals surface area contributed by atoms with Crippen LogP contribution in [0.5, 0.6) is 5.75 Å². The lowest BCUT2D eigenvalue weighted by atomic mass is 10.1. The molecule has 2 aromatic heterocycles. The SMILES string of the molecule is COc1ccc(Cl)cc1-c1nn([C@@H]2CCC[C@H]2O)cc1-n1cccn1. The first-order chi connectivity index (χ1) is 12.2. The van der Waals surface area contributed by atoms with Crippen LogP contribution >= 0.6 is 11.6 Å². The number of hydrogen-bond acceptors (Lipinski definition) is 4. The molecule has 0 aliphatic heterocycles. The Balaban J connectivity index is 1.89. The van der Waals surface area contributed by atoms with E-state index in [2.05, 4.69) is 5.10 Å². The second kappa shape index (κ2) is 6.54. The zero-order chi connectivity index (χ0) is 17.4. The van der Waals surface area contributed by atoms with Crippen LogP contribution in [0.25, 0.3) is 16.9 Å². The van der Waals surface area contributed by atoms with Crippen molar-refractivity contribution in [3.05, 3.63) is 47.9 Å². The van der Waals surface area contributed by atoms with Gasteiger partial charge in [-0.15, -0.1) is 0 Å². The van der Waals surface area contributed by atoms with E-state index in [1.165, 1.54) is 0 Å². The topological polar surface area (TPSA) is 65.1 Å². The van der Waals surface area contributed by atoms with E-state index in [1.54, 1.807) is 24.1 Å². The minimum Gasteiger partial charge on any atom is -0.496 e. The van der Waals surface area contributed by atoms with Gasteiger partial charge in [0, 0.05) is 23.0 Å². The second-order valence-electron chi connectivity index (χ2n) is 6.20. The number of rotatable bonds is 4. The Labute approximate surface area is 150 Å².